The highest BCUT2D eigenvalue weighted by Gasteiger charge is 2.18. The summed E-state index contributed by atoms with van der Waals surface area (Å²) in [6.07, 6.45) is 4.00. The Kier molecular flexibility index (Phi) is 5.87. The average Bonchev–Trinajstić information content (AvgIpc) is 2.47. The van der Waals surface area contributed by atoms with E-state index in [2.05, 4.69) is 54.5 Å². The monoisotopic (exact) mass is 260 g/mol. The van der Waals surface area contributed by atoms with Crippen LogP contribution < -0.4 is 5.32 Å². The molecule has 19 heavy (non-hydrogen) atoms. The fraction of sp³-hybridized carbons (Fsp3) is 0.647. The molecule has 1 saturated heterocycles. The van der Waals surface area contributed by atoms with Gasteiger partial charge in [-0.25, -0.2) is 0 Å². The van der Waals surface area contributed by atoms with Gasteiger partial charge in [-0.15, -0.1) is 0 Å². The molecule has 0 aliphatic carbocycles. The van der Waals surface area contributed by atoms with Crippen molar-refractivity contribution in [3.8, 4) is 0 Å². The summed E-state index contributed by atoms with van der Waals surface area (Å²) >= 11 is 0. The van der Waals surface area contributed by atoms with Gasteiger partial charge in [0, 0.05) is 0 Å². The van der Waals surface area contributed by atoms with Gasteiger partial charge in [0.1, 0.15) is 0 Å². The van der Waals surface area contributed by atoms with Crippen LogP contribution in [0.15, 0.2) is 30.3 Å². The molecule has 1 aromatic carbocycles. The van der Waals surface area contributed by atoms with Crippen molar-refractivity contribution in [1.29, 1.82) is 0 Å². The number of rotatable bonds is 6. The van der Waals surface area contributed by atoms with E-state index in [1.54, 1.807) is 0 Å². The summed E-state index contributed by atoms with van der Waals surface area (Å²) in [6, 6.07) is 10.9. The van der Waals surface area contributed by atoms with Crippen LogP contribution in [0.25, 0.3) is 0 Å². The molecule has 0 spiro atoms. The molecule has 1 heterocycles. The van der Waals surface area contributed by atoms with Gasteiger partial charge < -0.3 is 10.2 Å². The fourth-order valence-corrected chi connectivity index (χ4v) is 3.03. The van der Waals surface area contributed by atoms with Gasteiger partial charge in [-0.1, -0.05) is 37.3 Å². The van der Waals surface area contributed by atoms with Crippen molar-refractivity contribution in [2.24, 2.45) is 5.92 Å². The van der Waals surface area contributed by atoms with E-state index >= 15 is 0 Å². The summed E-state index contributed by atoms with van der Waals surface area (Å²) in [5.41, 5.74) is 1.48. The lowest BCUT2D eigenvalue weighted by atomic mass is 9.94. The van der Waals surface area contributed by atoms with Crippen molar-refractivity contribution in [3.63, 3.8) is 0 Å². The van der Waals surface area contributed by atoms with E-state index in [-0.39, 0.29) is 0 Å². The highest BCUT2D eigenvalue weighted by Crippen LogP contribution is 2.21. The summed E-state index contributed by atoms with van der Waals surface area (Å²) in [5, 5.41) is 3.31. The predicted molar refractivity (Wildman–Crippen MR) is 82.6 cm³/mol. The number of benzene rings is 1. The minimum absolute atomic E-state index is 0.677. The maximum absolute atomic E-state index is 3.31. The molecule has 0 aromatic heterocycles. The number of nitrogens with one attached hydrogen (secondary N) is 1. The predicted octanol–water partition coefficient (Wildman–Crippen LogP) is 3.11. The Morgan fingerprint density at radius 3 is 2.53 bits per heavy atom. The normalized spacial score (nSPS) is 19.5. The largest absolute Gasteiger partial charge is 0.319 e. The van der Waals surface area contributed by atoms with E-state index in [0.29, 0.717) is 5.92 Å². The average molecular weight is 260 g/mol. The van der Waals surface area contributed by atoms with Crippen LogP contribution in [0.3, 0.4) is 0 Å². The zero-order valence-electron chi connectivity index (χ0n) is 12.4. The Morgan fingerprint density at radius 1 is 1.21 bits per heavy atom. The standard InChI is InChI=1S/C17H28N2/c1-15(17-6-4-3-5-7-17)8-11-19-12-9-16(10-13-19)14-18-2/h3-7,15-16,18H,8-14H2,1-2H3. The maximum Gasteiger partial charge on any atom is -0.00130 e. The van der Waals surface area contributed by atoms with E-state index in [1.807, 2.05) is 0 Å². The van der Waals surface area contributed by atoms with Crippen LogP contribution in [-0.4, -0.2) is 38.1 Å². The Hall–Kier alpha value is -0.860. The lowest BCUT2D eigenvalue weighted by Gasteiger charge is -2.32. The third kappa shape index (κ3) is 4.63. The van der Waals surface area contributed by atoms with E-state index in [0.717, 1.165) is 5.92 Å². The van der Waals surface area contributed by atoms with Gasteiger partial charge >= 0.3 is 0 Å². The maximum atomic E-state index is 3.31. The molecule has 1 atom stereocenters. The lowest BCUT2D eigenvalue weighted by molar-refractivity contribution is 0.179. The molecule has 2 rings (SSSR count). The second-order valence-corrected chi connectivity index (χ2v) is 5.94. The van der Waals surface area contributed by atoms with Gasteiger partial charge in [-0.2, -0.15) is 0 Å². The third-order valence-electron chi connectivity index (χ3n) is 4.45. The molecule has 1 aromatic rings. The van der Waals surface area contributed by atoms with E-state index in [4.69, 9.17) is 0 Å². The highest BCUT2D eigenvalue weighted by molar-refractivity contribution is 5.18. The summed E-state index contributed by atoms with van der Waals surface area (Å²) in [7, 11) is 2.06. The molecule has 2 nitrogen and oxygen atoms in total. The molecule has 0 bridgehead atoms. The Morgan fingerprint density at radius 2 is 1.89 bits per heavy atom. The van der Waals surface area contributed by atoms with Crippen molar-refractivity contribution >= 4 is 0 Å². The van der Waals surface area contributed by atoms with Crippen molar-refractivity contribution in [2.45, 2.75) is 32.1 Å². The van der Waals surface area contributed by atoms with Gasteiger partial charge in [-0.05, 0) is 69.9 Å². The van der Waals surface area contributed by atoms with Gasteiger partial charge in [0.2, 0.25) is 0 Å². The number of hydrogen-bond acceptors (Lipinski definition) is 2. The van der Waals surface area contributed by atoms with Gasteiger partial charge in [0.25, 0.3) is 0 Å². The van der Waals surface area contributed by atoms with Crippen LogP contribution in [0.1, 0.15) is 37.7 Å². The molecule has 0 amide bonds. The van der Waals surface area contributed by atoms with Gasteiger partial charge in [-0.3, -0.25) is 0 Å². The Balaban J connectivity index is 1.69. The Bertz CT molecular complexity index is 342. The molecule has 1 fully saturated rings. The molecule has 1 aliphatic rings. The van der Waals surface area contributed by atoms with Crippen LogP contribution in [0.4, 0.5) is 0 Å². The van der Waals surface area contributed by atoms with Crippen molar-refractivity contribution in [3.05, 3.63) is 35.9 Å². The Labute approximate surface area is 118 Å². The van der Waals surface area contributed by atoms with Crippen LogP contribution in [0.2, 0.25) is 0 Å². The number of hydrogen-bond donors (Lipinski definition) is 1. The molecule has 106 valence electrons. The van der Waals surface area contributed by atoms with E-state index in [9.17, 15) is 0 Å². The van der Waals surface area contributed by atoms with Crippen LogP contribution in [0.5, 0.6) is 0 Å². The molecule has 0 saturated carbocycles. The van der Waals surface area contributed by atoms with E-state index < -0.39 is 0 Å². The van der Waals surface area contributed by atoms with Crippen LogP contribution in [0, 0.1) is 5.92 Å². The van der Waals surface area contributed by atoms with Crippen molar-refractivity contribution in [2.75, 3.05) is 33.2 Å². The quantitative estimate of drug-likeness (QED) is 0.845. The number of piperidine rings is 1. The molecule has 2 heteroatoms. The zero-order chi connectivity index (χ0) is 13.5. The fourth-order valence-electron chi connectivity index (χ4n) is 3.03. The smallest absolute Gasteiger partial charge is 0.00130 e. The molecule has 1 unspecified atom stereocenters. The van der Waals surface area contributed by atoms with Crippen molar-refractivity contribution in [1.82, 2.24) is 10.2 Å². The first-order valence-electron chi connectivity index (χ1n) is 7.71. The van der Waals surface area contributed by atoms with Crippen LogP contribution in [-0.2, 0) is 0 Å². The second-order valence-electron chi connectivity index (χ2n) is 5.94. The molecule has 0 radical (unpaired) electrons. The third-order valence-corrected chi connectivity index (χ3v) is 4.45. The topological polar surface area (TPSA) is 15.3 Å². The zero-order valence-corrected chi connectivity index (χ0v) is 12.4. The van der Waals surface area contributed by atoms with E-state index in [1.165, 1.54) is 51.0 Å². The van der Waals surface area contributed by atoms with Gasteiger partial charge in [0.05, 0.1) is 0 Å². The first-order chi connectivity index (χ1) is 9.29. The highest BCUT2D eigenvalue weighted by atomic mass is 15.1. The molecule has 1 N–H and O–H groups in total. The minimum atomic E-state index is 0.677. The summed E-state index contributed by atoms with van der Waals surface area (Å²) < 4.78 is 0. The molecule has 1 aliphatic heterocycles. The number of nitrogens with zero attached hydrogens (tertiary/aromatic N) is 1. The summed E-state index contributed by atoms with van der Waals surface area (Å²) in [5.74, 6) is 1.57. The molecular weight excluding hydrogens is 232 g/mol. The minimum Gasteiger partial charge on any atom is -0.319 e. The lowest BCUT2D eigenvalue weighted by Crippen LogP contribution is -2.37. The van der Waals surface area contributed by atoms with Gasteiger partial charge in [0.15, 0.2) is 0 Å². The summed E-state index contributed by atoms with van der Waals surface area (Å²) in [6.45, 7) is 7.36. The second kappa shape index (κ2) is 7.66. The summed E-state index contributed by atoms with van der Waals surface area (Å²) in [4.78, 5) is 2.64. The first kappa shape index (κ1) is 14.5. The number of likely N-dealkylation sites (tertiary alicyclic amines) is 1. The SMILES string of the molecule is CNCC1CCN(CCC(C)c2ccccc2)CC1. The van der Waals surface area contributed by atoms with Crippen molar-refractivity contribution < 1.29 is 0 Å². The molecular formula is C17H28N2. The first-order valence-corrected chi connectivity index (χ1v) is 7.71. The van der Waals surface area contributed by atoms with Crippen LogP contribution >= 0.6 is 0 Å².